The monoisotopic (exact) mass is 368 g/mol. The van der Waals surface area contributed by atoms with E-state index >= 15 is 0 Å². The number of rotatable bonds is 8. The first-order valence-corrected chi connectivity index (χ1v) is 9.17. The maximum Gasteiger partial charge on any atom is 0.319 e. The summed E-state index contributed by atoms with van der Waals surface area (Å²) >= 11 is 0. The van der Waals surface area contributed by atoms with E-state index in [1.807, 2.05) is 31.2 Å². The Morgan fingerprint density at radius 1 is 0.963 bits per heavy atom. The first-order chi connectivity index (χ1) is 13.0. The van der Waals surface area contributed by atoms with Crippen LogP contribution in [0.5, 0.6) is 0 Å². The standard InChI is InChI=1S/C21H28N4O2/c1-4-25(19-10-6-8-17(3)14-19)12-11-22-20(26)15-23-21(27)24-18-9-5-7-16(2)13-18/h5-10,13-14H,4,11-12,15H2,1-3H3,(H,22,26)(H2,23,24,27). The van der Waals surface area contributed by atoms with Crippen molar-refractivity contribution in [3.8, 4) is 0 Å². The topological polar surface area (TPSA) is 73.5 Å². The molecule has 0 radical (unpaired) electrons. The molecule has 0 unspecified atom stereocenters. The number of nitrogens with zero attached hydrogens (tertiary/aromatic N) is 1. The van der Waals surface area contributed by atoms with Crippen LogP contribution < -0.4 is 20.9 Å². The zero-order valence-electron chi connectivity index (χ0n) is 16.2. The summed E-state index contributed by atoms with van der Waals surface area (Å²) in [6.45, 7) is 8.12. The quantitative estimate of drug-likeness (QED) is 0.670. The van der Waals surface area contributed by atoms with Gasteiger partial charge >= 0.3 is 6.03 Å². The summed E-state index contributed by atoms with van der Waals surface area (Å²) in [7, 11) is 0. The van der Waals surface area contributed by atoms with E-state index in [0.29, 0.717) is 18.8 Å². The Bertz CT molecular complexity index is 776. The highest BCUT2D eigenvalue weighted by molar-refractivity contribution is 5.92. The fraction of sp³-hybridized carbons (Fsp3) is 0.333. The maximum absolute atomic E-state index is 11.9. The highest BCUT2D eigenvalue weighted by atomic mass is 16.2. The average molecular weight is 368 g/mol. The largest absolute Gasteiger partial charge is 0.370 e. The third-order valence-corrected chi connectivity index (χ3v) is 4.14. The summed E-state index contributed by atoms with van der Waals surface area (Å²) in [5.74, 6) is -0.213. The number of hydrogen-bond donors (Lipinski definition) is 3. The predicted octanol–water partition coefficient (Wildman–Crippen LogP) is 3.07. The summed E-state index contributed by atoms with van der Waals surface area (Å²) in [4.78, 5) is 26.0. The van der Waals surface area contributed by atoms with Crippen LogP contribution in [0.4, 0.5) is 16.2 Å². The summed E-state index contributed by atoms with van der Waals surface area (Å²) in [6.07, 6.45) is 0. The molecule has 0 aliphatic heterocycles. The molecule has 2 rings (SSSR count). The van der Waals surface area contributed by atoms with E-state index in [9.17, 15) is 9.59 Å². The molecule has 2 aromatic rings. The second-order valence-electron chi connectivity index (χ2n) is 6.45. The number of aryl methyl sites for hydroxylation is 2. The molecule has 6 heteroatoms. The third kappa shape index (κ3) is 7.01. The lowest BCUT2D eigenvalue weighted by Crippen LogP contribution is -2.41. The Kier molecular flexibility index (Phi) is 7.67. The molecule has 0 aliphatic carbocycles. The van der Waals surface area contributed by atoms with E-state index in [2.05, 4.69) is 52.9 Å². The second-order valence-corrected chi connectivity index (χ2v) is 6.45. The molecule has 0 fully saturated rings. The molecule has 2 aromatic carbocycles. The molecule has 0 bridgehead atoms. The van der Waals surface area contributed by atoms with Crippen LogP contribution in [0.25, 0.3) is 0 Å². The molecule has 0 heterocycles. The first-order valence-electron chi connectivity index (χ1n) is 9.17. The van der Waals surface area contributed by atoms with Crippen LogP contribution in [0.2, 0.25) is 0 Å². The lowest BCUT2D eigenvalue weighted by molar-refractivity contribution is -0.120. The summed E-state index contributed by atoms with van der Waals surface area (Å²) in [6, 6.07) is 15.4. The van der Waals surface area contributed by atoms with Crippen molar-refractivity contribution in [1.82, 2.24) is 10.6 Å². The number of anilines is 2. The highest BCUT2D eigenvalue weighted by Gasteiger charge is 2.08. The zero-order chi connectivity index (χ0) is 19.6. The van der Waals surface area contributed by atoms with Gasteiger partial charge in [-0.25, -0.2) is 4.79 Å². The average Bonchev–Trinajstić information content (AvgIpc) is 2.63. The van der Waals surface area contributed by atoms with Gasteiger partial charge < -0.3 is 20.9 Å². The van der Waals surface area contributed by atoms with Crippen molar-refractivity contribution in [2.24, 2.45) is 0 Å². The number of amides is 3. The Balaban J connectivity index is 1.70. The fourth-order valence-electron chi connectivity index (χ4n) is 2.75. The normalized spacial score (nSPS) is 10.2. The Morgan fingerprint density at radius 2 is 1.67 bits per heavy atom. The van der Waals surface area contributed by atoms with E-state index in [0.717, 1.165) is 17.8 Å². The van der Waals surface area contributed by atoms with Crippen LogP contribution in [0.3, 0.4) is 0 Å². The van der Waals surface area contributed by atoms with Crippen LogP contribution in [-0.4, -0.2) is 38.1 Å². The number of likely N-dealkylation sites (N-methyl/N-ethyl adjacent to an activating group) is 1. The zero-order valence-corrected chi connectivity index (χ0v) is 16.2. The van der Waals surface area contributed by atoms with Crippen molar-refractivity contribution in [2.45, 2.75) is 20.8 Å². The second kappa shape index (κ2) is 10.2. The number of carbonyl (C=O) groups is 2. The smallest absolute Gasteiger partial charge is 0.319 e. The van der Waals surface area contributed by atoms with Gasteiger partial charge in [-0.2, -0.15) is 0 Å². The molecule has 0 aromatic heterocycles. The van der Waals surface area contributed by atoms with E-state index < -0.39 is 6.03 Å². The van der Waals surface area contributed by atoms with Gasteiger partial charge in [-0.05, 0) is 56.2 Å². The molecule has 0 atom stereocenters. The van der Waals surface area contributed by atoms with Crippen molar-refractivity contribution in [3.05, 3.63) is 59.7 Å². The molecule has 0 aliphatic rings. The first kappa shape index (κ1) is 20.3. The molecule has 0 saturated heterocycles. The molecule has 3 amide bonds. The van der Waals surface area contributed by atoms with Gasteiger partial charge in [-0.3, -0.25) is 4.79 Å². The Hall–Kier alpha value is -3.02. The maximum atomic E-state index is 11.9. The summed E-state index contributed by atoms with van der Waals surface area (Å²) in [5.41, 5.74) is 4.10. The van der Waals surface area contributed by atoms with Gasteiger partial charge in [0.05, 0.1) is 6.54 Å². The lowest BCUT2D eigenvalue weighted by Gasteiger charge is -2.23. The van der Waals surface area contributed by atoms with Gasteiger partial charge in [0.25, 0.3) is 0 Å². The molecule has 3 N–H and O–H groups in total. The van der Waals surface area contributed by atoms with Gasteiger partial charge in [-0.1, -0.05) is 24.3 Å². The molecular weight excluding hydrogens is 340 g/mol. The third-order valence-electron chi connectivity index (χ3n) is 4.14. The number of urea groups is 1. The van der Waals surface area contributed by atoms with Crippen molar-refractivity contribution in [2.75, 3.05) is 36.4 Å². The molecule has 144 valence electrons. The van der Waals surface area contributed by atoms with Gasteiger partial charge in [0.2, 0.25) is 5.91 Å². The molecule has 6 nitrogen and oxygen atoms in total. The van der Waals surface area contributed by atoms with Gasteiger partial charge in [0, 0.05) is 31.0 Å². The molecule has 0 spiro atoms. The minimum Gasteiger partial charge on any atom is -0.370 e. The van der Waals surface area contributed by atoms with Crippen molar-refractivity contribution in [1.29, 1.82) is 0 Å². The highest BCUT2D eigenvalue weighted by Crippen LogP contribution is 2.15. The molecule has 0 saturated carbocycles. The minimum absolute atomic E-state index is 0.0613. The van der Waals surface area contributed by atoms with Crippen molar-refractivity contribution >= 4 is 23.3 Å². The van der Waals surface area contributed by atoms with Crippen LogP contribution in [-0.2, 0) is 4.79 Å². The van der Waals surface area contributed by atoms with E-state index in [1.165, 1.54) is 5.56 Å². The number of benzene rings is 2. The Labute approximate surface area is 161 Å². The van der Waals surface area contributed by atoms with Crippen LogP contribution in [0.15, 0.2) is 48.5 Å². The van der Waals surface area contributed by atoms with Crippen LogP contribution >= 0.6 is 0 Å². The number of hydrogen-bond acceptors (Lipinski definition) is 3. The number of carbonyl (C=O) groups excluding carboxylic acids is 2. The van der Waals surface area contributed by atoms with Crippen molar-refractivity contribution in [3.63, 3.8) is 0 Å². The molecule has 27 heavy (non-hydrogen) atoms. The summed E-state index contributed by atoms with van der Waals surface area (Å²) < 4.78 is 0. The Morgan fingerprint density at radius 3 is 2.33 bits per heavy atom. The van der Waals surface area contributed by atoms with E-state index in [-0.39, 0.29) is 12.5 Å². The molecular formula is C21H28N4O2. The SMILES string of the molecule is CCN(CCNC(=O)CNC(=O)Nc1cccc(C)c1)c1cccc(C)c1. The van der Waals surface area contributed by atoms with E-state index in [1.54, 1.807) is 6.07 Å². The predicted molar refractivity (Wildman–Crippen MR) is 110 cm³/mol. The lowest BCUT2D eigenvalue weighted by atomic mass is 10.2. The van der Waals surface area contributed by atoms with Crippen LogP contribution in [0.1, 0.15) is 18.1 Å². The van der Waals surface area contributed by atoms with Gasteiger partial charge in [0.1, 0.15) is 0 Å². The van der Waals surface area contributed by atoms with Crippen molar-refractivity contribution < 1.29 is 9.59 Å². The number of nitrogens with one attached hydrogen (secondary N) is 3. The van der Waals surface area contributed by atoms with Gasteiger partial charge in [-0.15, -0.1) is 0 Å². The van der Waals surface area contributed by atoms with Gasteiger partial charge in [0.15, 0.2) is 0 Å². The van der Waals surface area contributed by atoms with E-state index in [4.69, 9.17) is 0 Å². The summed E-state index contributed by atoms with van der Waals surface area (Å²) in [5, 5.41) is 8.11. The minimum atomic E-state index is -0.398. The fourth-order valence-corrected chi connectivity index (χ4v) is 2.75. The van der Waals surface area contributed by atoms with Crippen LogP contribution in [0, 0.1) is 13.8 Å².